The standard InChI is InChI=1S/C10H14N2O2S/c1-7-8(15-10(11-7)14-4)5-6-9(13)12(2)3/h5-6H,1-4H3. The molecule has 0 aliphatic rings. The molecule has 0 bridgehead atoms. The van der Waals surface area contributed by atoms with Crippen LogP contribution in [-0.4, -0.2) is 37.0 Å². The Bertz CT molecular complexity index is 383. The molecule has 0 spiro atoms. The van der Waals surface area contributed by atoms with Crippen LogP contribution in [0.15, 0.2) is 6.08 Å². The number of aryl methyl sites for hydroxylation is 1. The van der Waals surface area contributed by atoms with E-state index in [0.717, 1.165) is 10.6 Å². The highest BCUT2D eigenvalue weighted by Crippen LogP contribution is 2.25. The smallest absolute Gasteiger partial charge is 0.273 e. The van der Waals surface area contributed by atoms with E-state index in [2.05, 4.69) is 4.98 Å². The van der Waals surface area contributed by atoms with Crippen LogP contribution in [0, 0.1) is 6.92 Å². The third-order valence-electron chi connectivity index (χ3n) is 1.81. The Morgan fingerprint density at radius 3 is 2.67 bits per heavy atom. The average Bonchev–Trinajstić information content (AvgIpc) is 2.55. The highest BCUT2D eigenvalue weighted by atomic mass is 32.1. The lowest BCUT2D eigenvalue weighted by molar-refractivity contribution is -0.123. The van der Waals surface area contributed by atoms with Crippen molar-refractivity contribution in [2.75, 3.05) is 21.2 Å². The molecule has 1 amide bonds. The van der Waals surface area contributed by atoms with Crippen LogP contribution in [0.25, 0.3) is 6.08 Å². The fraction of sp³-hybridized carbons (Fsp3) is 0.400. The minimum Gasteiger partial charge on any atom is -0.473 e. The number of hydrogen-bond acceptors (Lipinski definition) is 4. The molecule has 0 unspecified atom stereocenters. The zero-order valence-corrected chi connectivity index (χ0v) is 10.1. The van der Waals surface area contributed by atoms with E-state index < -0.39 is 0 Å². The summed E-state index contributed by atoms with van der Waals surface area (Å²) in [5.41, 5.74) is 0.875. The van der Waals surface area contributed by atoms with Crippen molar-refractivity contribution in [3.63, 3.8) is 0 Å². The summed E-state index contributed by atoms with van der Waals surface area (Å²) in [6.07, 6.45) is 3.29. The van der Waals surface area contributed by atoms with Gasteiger partial charge in [0.25, 0.3) is 5.19 Å². The summed E-state index contributed by atoms with van der Waals surface area (Å²) in [6.45, 7) is 1.89. The molecule has 5 heteroatoms. The van der Waals surface area contributed by atoms with E-state index >= 15 is 0 Å². The maximum atomic E-state index is 11.3. The Hall–Kier alpha value is -1.36. The molecule has 1 heterocycles. The predicted molar refractivity (Wildman–Crippen MR) is 61.1 cm³/mol. The number of methoxy groups -OCH3 is 1. The first-order chi connectivity index (χ1) is 7.04. The summed E-state index contributed by atoms with van der Waals surface area (Å²) in [4.78, 5) is 17.9. The fourth-order valence-electron chi connectivity index (χ4n) is 0.921. The van der Waals surface area contributed by atoms with Crippen LogP contribution in [0.4, 0.5) is 0 Å². The molecule has 0 radical (unpaired) electrons. The van der Waals surface area contributed by atoms with Crippen LogP contribution in [0.3, 0.4) is 0 Å². The molecular weight excluding hydrogens is 212 g/mol. The van der Waals surface area contributed by atoms with E-state index in [1.807, 2.05) is 6.92 Å². The van der Waals surface area contributed by atoms with Gasteiger partial charge in [-0.2, -0.15) is 0 Å². The molecule has 0 atom stereocenters. The number of rotatable bonds is 3. The van der Waals surface area contributed by atoms with Gasteiger partial charge in [0.2, 0.25) is 5.91 Å². The van der Waals surface area contributed by atoms with Gasteiger partial charge >= 0.3 is 0 Å². The Kier molecular flexibility index (Phi) is 3.85. The summed E-state index contributed by atoms with van der Waals surface area (Å²) in [5.74, 6) is -0.0400. The van der Waals surface area contributed by atoms with E-state index in [1.54, 1.807) is 27.3 Å². The van der Waals surface area contributed by atoms with Crippen molar-refractivity contribution in [2.45, 2.75) is 6.92 Å². The van der Waals surface area contributed by atoms with Gasteiger partial charge in [-0.3, -0.25) is 4.79 Å². The molecule has 1 rings (SSSR count). The van der Waals surface area contributed by atoms with Crippen LogP contribution in [0.1, 0.15) is 10.6 Å². The molecule has 82 valence electrons. The van der Waals surface area contributed by atoms with E-state index in [4.69, 9.17) is 4.74 Å². The van der Waals surface area contributed by atoms with E-state index in [1.165, 1.54) is 22.3 Å². The number of aromatic nitrogens is 1. The molecule has 4 nitrogen and oxygen atoms in total. The van der Waals surface area contributed by atoms with Gasteiger partial charge < -0.3 is 9.64 Å². The Labute approximate surface area is 93.2 Å². The molecule has 1 aromatic rings. The third kappa shape index (κ3) is 3.06. The number of carbonyl (C=O) groups excluding carboxylic acids is 1. The van der Waals surface area contributed by atoms with Crippen molar-refractivity contribution in [3.8, 4) is 5.19 Å². The fourth-order valence-corrected chi connectivity index (χ4v) is 1.70. The van der Waals surface area contributed by atoms with Gasteiger partial charge in [0.1, 0.15) is 0 Å². The lowest BCUT2D eigenvalue weighted by Gasteiger charge is -2.04. The molecule has 0 aliphatic carbocycles. The van der Waals surface area contributed by atoms with Gasteiger partial charge in [-0.05, 0) is 13.0 Å². The largest absolute Gasteiger partial charge is 0.473 e. The van der Waals surface area contributed by atoms with Crippen LogP contribution in [-0.2, 0) is 4.79 Å². The van der Waals surface area contributed by atoms with Crippen molar-refractivity contribution < 1.29 is 9.53 Å². The quantitative estimate of drug-likeness (QED) is 0.735. The Morgan fingerprint density at radius 1 is 1.53 bits per heavy atom. The molecule has 1 aromatic heterocycles. The van der Waals surface area contributed by atoms with Gasteiger partial charge in [-0.25, -0.2) is 4.98 Å². The number of carbonyl (C=O) groups is 1. The third-order valence-corrected chi connectivity index (χ3v) is 2.89. The predicted octanol–water partition coefficient (Wildman–Crippen LogP) is 1.56. The summed E-state index contributed by atoms with van der Waals surface area (Å²) in [7, 11) is 5.01. The maximum absolute atomic E-state index is 11.3. The lowest BCUT2D eigenvalue weighted by Crippen LogP contribution is -2.18. The highest BCUT2D eigenvalue weighted by Gasteiger charge is 2.05. The van der Waals surface area contributed by atoms with Crippen LogP contribution >= 0.6 is 11.3 Å². The first-order valence-electron chi connectivity index (χ1n) is 4.45. The second kappa shape index (κ2) is 4.93. The minimum atomic E-state index is -0.0400. The summed E-state index contributed by atoms with van der Waals surface area (Å²) in [5, 5.41) is 0.615. The normalized spacial score (nSPS) is 10.7. The lowest BCUT2D eigenvalue weighted by atomic mass is 10.3. The van der Waals surface area contributed by atoms with E-state index in [9.17, 15) is 4.79 Å². The van der Waals surface area contributed by atoms with Crippen LogP contribution in [0.5, 0.6) is 5.19 Å². The average molecular weight is 226 g/mol. The van der Waals surface area contributed by atoms with Gasteiger partial charge in [0.05, 0.1) is 17.7 Å². The summed E-state index contributed by atoms with van der Waals surface area (Å²) in [6, 6.07) is 0. The number of thiazole rings is 1. The Morgan fingerprint density at radius 2 is 2.20 bits per heavy atom. The monoisotopic (exact) mass is 226 g/mol. The first kappa shape index (κ1) is 11.7. The summed E-state index contributed by atoms with van der Waals surface area (Å²) >= 11 is 1.42. The highest BCUT2D eigenvalue weighted by molar-refractivity contribution is 7.14. The van der Waals surface area contributed by atoms with Crippen molar-refractivity contribution in [1.82, 2.24) is 9.88 Å². The van der Waals surface area contributed by atoms with Crippen LogP contribution in [0.2, 0.25) is 0 Å². The van der Waals surface area contributed by atoms with Crippen LogP contribution < -0.4 is 4.74 Å². The molecule has 0 N–H and O–H groups in total. The number of ether oxygens (including phenoxy) is 1. The second-order valence-electron chi connectivity index (χ2n) is 3.20. The zero-order chi connectivity index (χ0) is 11.4. The minimum absolute atomic E-state index is 0.0400. The molecule has 0 fully saturated rings. The topological polar surface area (TPSA) is 42.4 Å². The van der Waals surface area contributed by atoms with Gasteiger partial charge in [-0.15, -0.1) is 0 Å². The van der Waals surface area contributed by atoms with Crippen molar-refractivity contribution >= 4 is 23.3 Å². The number of hydrogen-bond donors (Lipinski definition) is 0. The van der Waals surface area contributed by atoms with Crippen molar-refractivity contribution in [1.29, 1.82) is 0 Å². The molecule has 0 saturated carbocycles. The molecular formula is C10H14N2O2S. The number of nitrogens with zero attached hydrogens (tertiary/aromatic N) is 2. The Balaban J connectivity index is 2.80. The molecule has 0 aromatic carbocycles. The number of amides is 1. The van der Waals surface area contributed by atoms with E-state index in [-0.39, 0.29) is 5.91 Å². The van der Waals surface area contributed by atoms with Crippen molar-refractivity contribution in [2.24, 2.45) is 0 Å². The van der Waals surface area contributed by atoms with Gasteiger partial charge in [-0.1, -0.05) is 11.3 Å². The SMILES string of the molecule is COc1nc(C)c(C=CC(=O)N(C)C)s1. The molecule has 0 saturated heterocycles. The van der Waals surface area contributed by atoms with Crippen molar-refractivity contribution in [3.05, 3.63) is 16.6 Å². The molecule has 15 heavy (non-hydrogen) atoms. The second-order valence-corrected chi connectivity index (χ2v) is 4.19. The summed E-state index contributed by atoms with van der Waals surface area (Å²) < 4.78 is 5.01. The van der Waals surface area contributed by atoms with Gasteiger partial charge in [0.15, 0.2) is 0 Å². The zero-order valence-electron chi connectivity index (χ0n) is 9.27. The molecule has 0 aliphatic heterocycles. The number of likely N-dealkylation sites (N-methyl/N-ethyl adjacent to an activating group) is 1. The first-order valence-corrected chi connectivity index (χ1v) is 5.27. The maximum Gasteiger partial charge on any atom is 0.273 e. The van der Waals surface area contributed by atoms with Gasteiger partial charge in [0, 0.05) is 20.2 Å². The van der Waals surface area contributed by atoms with E-state index in [0.29, 0.717) is 5.19 Å².